The fourth-order valence-corrected chi connectivity index (χ4v) is 3.34. The van der Waals surface area contributed by atoms with Crippen LogP contribution in [0.15, 0.2) is 0 Å². The first-order valence-electron chi connectivity index (χ1n) is 6.02. The average molecular weight is 197 g/mol. The van der Waals surface area contributed by atoms with Gasteiger partial charge in [-0.15, -0.1) is 0 Å². The van der Waals surface area contributed by atoms with Crippen LogP contribution in [0.4, 0.5) is 0 Å². The number of nitrogens with one attached hydrogen (secondary N) is 1. The minimum absolute atomic E-state index is 0.309. The molecule has 3 unspecified atom stereocenters. The Balaban J connectivity index is 1.97. The predicted molar refractivity (Wildman–Crippen MR) is 58.1 cm³/mol. The lowest BCUT2D eigenvalue weighted by molar-refractivity contribution is 0.130. The molecule has 2 rings (SSSR count). The third-order valence-electron chi connectivity index (χ3n) is 4.13. The molecule has 2 saturated carbocycles. The number of aliphatic hydroxyl groups excluding tert-OH is 1. The van der Waals surface area contributed by atoms with Crippen molar-refractivity contribution in [3.05, 3.63) is 0 Å². The van der Waals surface area contributed by atoms with Gasteiger partial charge < -0.3 is 10.4 Å². The first-order chi connectivity index (χ1) is 6.66. The summed E-state index contributed by atoms with van der Waals surface area (Å²) >= 11 is 0. The van der Waals surface area contributed by atoms with Gasteiger partial charge in [-0.25, -0.2) is 0 Å². The van der Waals surface area contributed by atoms with Gasteiger partial charge in [-0.3, -0.25) is 0 Å². The van der Waals surface area contributed by atoms with Gasteiger partial charge in [0.1, 0.15) is 0 Å². The molecule has 0 saturated heterocycles. The topological polar surface area (TPSA) is 32.3 Å². The van der Waals surface area contributed by atoms with Crippen LogP contribution in [0.5, 0.6) is 0 Å². The predicted octanol–water partition coefficient (Wildman–Crippen LogP) is 1.78. The van der Waals surface area contributed by atoms with E-state index in [0.717, 1.165) is 12.5 Å². The fraction of sp³-hybridized carbons (Fsp3) is 1.00. The zero-order chi connectivity index (χ0) is 10.2. The van der Waals surface area contributed by atoms with Crippen molar-refractivity contribution in [3.8, 4) is 0 Å². The van der Waals surface area contributed by atoms with Gasteiger partial charge in [0.25, 0.3) is 0 Å². The molecule has 2 N–H and O–H groups in total. The Hall–Kier alpha value is -0.0800. The SMILES string of the molecule is CC(C)CNC12CCC(CC1CO)C2. The van der Waals surface area contributed by atoms with Crippen molar-refractivity contribution in [2.24, 2.45) is 17.8 Å². The zero-order valence-corrected chi connectivity index (χ0v) is 9.42. The van der Waals surface area contributed by atoms with E-state index in [1.165, 1.54) is 25.7 Å². The van der Waals surface area contributed by atoms with Crippen molar-refractivity contribution in [1.82, 2.24) is 5.32 Å². The molecule has 82 valence electrons. The second-order valence-electron chi connectivity index (χ2n) is 5.65. The highest BCUT2D eigenvalue weighted by Gasteiger charge is 2.51. The Morgan fingerprint density at radius 1 is 1.50 bits per heavy atom. The monoisotopic (exact) mass is 197 g/mol. The van der Waals surface area contributed by atoms with Crippen molar-refractivity contribution < 1.29 is 5.11 Å². The number of hydrogen-bond donors (Lipinski definition) is 2. The van der Waals surface area contributed by atoms with Crippen molar-refractivity contribution in [2.75, 3.05) is 13.2 Å². The Kier molecular flexibility index (Phi) is 2.85. The quantitative estimate of drug-likeness (QED) is 0.720. The van der Waals surface area contributed by atoms with Crippen molar-refractivity contribution in [2.45, 2.75) is 45.1 Å². The van der Waals surface area contributed by atoms with Crippen molar-refractivity contribution in [1.29, 1.82) is 0 Å². The molecule has 0 aromatic rings. The second kappa shape index (κ2) is 3.82. The van der Waals surface area contributed by atoms with E-state index in [1.54, 1.807) is 0 Å². The van der Waals surface area contributed by atoms with Crippen LogP contribution in [-0.4, -0.2) is 23.8 Å². The summed E-state index contributed by atoms with van der Waals surface area (Å²) in [4.78, 5) is 0. The summed E-state index contributed by atoms with van der Waals surface area (Å²) < 4.78 is 0. The Morgan fingerprint density at radius 2 is 2.29 bits per heavy atom. The van der Waals surface area contributed by atoms with Crippen LogP contribution < -0.4 is 5.32 Å². The van der Waals surface area contributed by atoms with E-state index in [0.29, 0.717) is 24.0 Å². The molecule has 0 aromatic heterocycles. The van der Waals surface area contributed by atoms with E-state index in [9.17, 15) is 5.11 Å². The van der Waals surface area contributed by atoms with Crippen molar-refractivity contribution in [3.63, 3.8) is 0 Å². The molecular formula is C12H23NO. The lowest BCUT2D eigenvalue weighted by Gasteiger charge is -2.36. The highest BCUT2D eigenvalue weighted by molar-refractivity contribution is 5.07. The Labute approximate surface area is 87.1 Å². The highest BCUT2D eigenvalue weighted by Crippen LogP contribution is 2.51. The van der Waals surface area contributed by atoms with E-state index in [1.807, 2.05) is 0 Å². The first-order valence-corrected chi connectivity index (χ1v) is 6.02. The summed E-state index contributed by atoms with van der Waals surface area (Å²) in [6.45, 7) is 5.97. The standard InChI is InChI=1S/C12H23NO/c1-9(2)7-13-12-4-3-10(6-12)5-11(12)8-14/h9-11,13-14H,3-8H2,1-2H3. The number of fused-ring (bicyclic) bond motifs is 2. The smallest absolute Gasteiger partial charge is 0.0476 e. The molecule has 0 aliphatic heterocycles. The fourth-order valence-electron chi connectivity index (χ4n) is 3.34. The van der Waals surface area contributed by atoms with E-state index in [4.69, 9.17) is 0 Å². The van der Waals surface area contributed by atoms with Gasteiger partial charge in [-0.05, 0) is 44.1 Å². The van der Waals surface area contributed by atoms with Crippen LogP contribution in [0, 0.1) is 17.8 Å². The maximum absolute atomic E-state index is 9.38. The van der Waals surface area contributed by atoms with Gasteiger partial charge in [-0.2, -0.15) is 0 Å². The van der Waals surface area contributed by atoms with E-state index >= 15 is 0 Å². The minimum atomic E-state index is 0.309. The molecule has 2 aliphatic carbocycles. The first kappa shape index (κ1) is 10.4. The molecule has 0 aromatic carbocycles. The molecule has 0 radical (unpaired) electrons. The van der Waals surface area contributed by atoms with Crippen LogP contribution in [-0.2, 0) is 0 Å². The molecule has 0 amide bonds. The maximum Gasteiger partial charge on any atom is 0.0476 e. The van der Waals surface area contributed by atoms with Crippen molar-refractivity contribution >= 4 is 0 Å². The average Bonchev–Trinajstić information content (AvgIpc) is 2.71. The molecule has 2 heteroatoms. The molecule has 2 bridgehead atoms. The summed E-state index contributed by atoms with van der Waals surface area (Å²) in [6, 6.07) is 0. The molecule has 2 nitrogen and oxygen atoms in total. The number of rotatable bonds is 4. The Morgan fingerprint density at radius 3 is 2.86 bits per heavy atom. The molecule has 3 atom stereocenters. The van der Waals surface area contributed by atoms with E-state index < -0.39 is 0 Å². The summed E-state index contributed by atoms with van der Waals surface area (Å²) in [6.07, 6.45) is 5.23. The summed E-state index contributed by atoms with van der Waals surface area (Å²) in [7, 11) is 0. The largest absolute Gasteiger partial charge is 0.396 e. The van der Waals surface area contributed by atoms with Gasteiger partial charge in [0.2, 0.25) is 0 Å². The third kappa shape index (κ3) is 1.70. The van der Waals surface area contributed by atoms with E-state index in [-0.39, 0.29) is 0 Å². The van der Waals surface area contributed by atoms with E-state index in [2.05, 4.69) is 19.2 Å². The van der Waals surface area contributed by atoms with Crippen LogP contribution in [0.3, 0.4) is 0 Å². The zero-order valence-electron chi connectivity index (χ0n) is 9.42. The summed E-state index contributed by atoms with van der Waals surface area (Å²) in [5.41, 5.74) is 0.309. The van der Waals surface area contributed by atoms with Gasteiger partial charge in [0.15, 0.2) is 0 Å². The van der Waals surface area contributed by atoms with Gasteiger partial charge in [-0.1, -0.05) is 13.8 Å². The number of aliphatic hydroxyl groups is 1. The van der Waals surface area contributed by atoms with Crippen LogP contribution >= 0.6 is 0 Å². The molecule has 0 spiro atoms. The highest BCUT2D eigenvalue weighted by atomic mass is 16.3. The molecule has 2 fully saturated rings. The lowest BCUT2D eigenvalue weighted by Crippen LogP contribution is -2.49. The Bertz CT molecular complexity index is 204. The molecule has 2 aliphatic rings. The van der Waals surface area contributed by atoms with Gasteiger partial charge >= 0.3 is 0 Å². The van der Waals surface area contributed by atoms with Gasteiger partial charge in [0.05, 0.1) is 0 Å². The second-order valence-corrected chi connectivity index (χ2v) is 5.65. The minimum Gasteiger partial charge on any atom is -0.396 e. The molecular weight excluding hydrogens is 174 g/mol. The third-order valence-corrected chi connectivity index (χ3v) is 4.13. The van der Waals surface area contributed by atoms with Crippen LogP contribution in [0.1, 0.15) is 39.5 Å². The number of hydrogen-bond acceptors (Lipinski definition) is 2. The van der Waals surface area contributed by atoms with Gasteiger partial charge in [0, 0.05) is 18.1 Å². The maximum atomic E-state index is 9.38. The van der Waals surface area contributed by atoms with Crippen LogP contribution in [0.25, 0.3) is 0 Å². The lowest BCUT2D eigenvalue weighted by atomic mass is 9.82. The normalized spacial score (nSPS) is 41.1. The molecule has 14 heavy (non-hydrogen) atoms. The van der Waals surface area contributed by atoms with Crippen LogP contribution in [0.2, 0.25) is 0 Å². The summed E-state index contributed by atoms with van der Waals surface area (Å²) in [5.74, 6) is 2.13. The molecule has 0 heterocycles. The summed E-state index contributed by atoms with van der Waals surface area (Å²) in [5, 5.41) is 13.1.